The highest BCUT2D eigenvalue weighted by Gasteiger charge is 2.05. The van der Waals surface area contributed by atoms with Crippen molar-refractivity contribution < 1.29 is 4.74 Å². The first-order valence-electron chi connectivity index (χ1n) is 7.45. The fourth-order valence-corrected chi connectivity index (χ4v) is 2.42. The number of ether oxygens (including phenoxy) is 1. The minimum atomic E-state index is 0.615. The molecule has 0 amide bonds. The van der Waals surface area contributed by atoms with Crippen molar-refractivity contribution in [2.24, 2.45) is 4.99 Å². The number of hydrogen-bond donors (Lipinski definition) is 2. The van der Waals surface area contributed by atoms with Crippen LogP contribution in [0.5, 0.6) is 5.75 Å². The van der Waals surface area contributed by atoms with Crippen molar-refractivity contribution in [1.82, 2.24) is 10.6 Å². The Morgan fingerprint density at radius 3 is 2.43 bits per heavy atom. The first-order valence-corrected chi connectivity index (χ1v) is 7.83. The number of nitrogens with one attached hydrogen (secondary N) is 2. The quantitative estimate of drug-likeness (QED) is 0.651. The number of methoxy groups -OCH3 is 1. The van der Waals surface area contributed by atoms with Gasteiger partial charge >= 0.3 is 0 Å². The third-order valence-corrected chi connectivity index (χ3v) is 3.89. The lowest BCUT2D eigenvalue weighted by Crippen LogP contribution is -2.36. The first kappa shape index (κ1) is 17.2. The molecule has 0 aliphatic heterocycles. The Balaban J connectivity index is 1.94. The van der Waals surface area contributed by atoms with Crippen LogP contribution in [0, 0.1) is 6.92 Å². The molecule has 2 N–H and O–H groups in total. The summed E-state index contributed by atoms with van der Waals surface area (Å²) >= 11 is 6.16. The van der Waals surface area contributed by atoms with E-state index in [0.717, 1.165) is 21.9 Å². The van der Waals surface area contributed by atoms with Crippen molar-refractivity contribution in [2.75, 3.05) is 14.2 Å². The van der Waals surface area contributed by atoms with Gasteiger partial charge in [-0.1, -0.05) is 41.9 Å². The number of aliphatic imine (C=N–C) groups is 1. The SMILES string of the molecule is CN=C(NCc1ccccc1Cl)NCc1ccc(C)cc1OC. The van der Waals surface area contributed by atoms with Gasteiger partial charge in [-0.05, 0) is 30.2 Å². The molecule has 0 radical (unpaired) electrons. The predicted molar refractivity (Wildman–Crippen MR) is 96.2 cm³/mol. The molecule has 0 heterocycles. The number of nitrogens with zero attached hydrogens (tertiary/aromatic N) is 1. The molecule has 122 valence electrons. The second-order valence-electron chi connectivity index (χ2n) is 5.19. The van der Waals surface area contributed by atoms with Crippen LogP contribution < -0.4 is 15.4 Å². The van der Waals surface area contributed by atoms with E-state index < -0.39 is 0 Å². The van der Waals surface area contributed by atoms with E-state index >= 15 is 0 Å². The summed E-state index contributed by atoms with van der Waals surface area (Å²) in [5.41, 5.74) is 3.29. The van der Waals surface area contributed by atoms with Gasteiger partial charge in [-0.25, -0.2) is 0 Å². The topological polar surface area (TPSA) is 45.7 Å². The molecule has 0 aliphatic carbocycles. The summed E-state index contributed by atoms with van der Waals surface area (Å²) in [5.74, 6) is 1.59. The fourth-order valence-electron chi connectivity index (χ4n) is 2.22. The largest absolute Gasteiger partial charge is 0.496 e. The van der Waals surface area contributed by atoms with Crippen LogP contribution in [0.4, 0.5) is 0 Å². The van der Waals surface area contributed by atoms with E-state index in [1.165, 1.54) is 5.56 Å². The molecule has 2 aromatic rings. The molecule has 0 saturated heterocycles. The van der Waals surface area contributed by atoms with Crippen LogP contribution in [0.2, 0.25) is 5.02 Å². The average Bonchev–Trinajstić information content (AvgIpc) is 2.57. The van der Waals surface area contributed by atoms with Gasteiger partial charge in [0.25, 0.3) is 0 Å². The summed E-state index contributed by atoms with van der Waals surface area (Å²) in [6, 6.07) is 13.9. The van der Waals surface area contributed by atoms with Gasteiger partial charge in [0, 0.05) is 30.7 Å². The van der Waals surface area contributed by atoms with Crippen molar-refractivity contribution in [3.05, 3.63) is 64.2 Å². The molecular weight excluding hydrogens is 310 g/mol. The minimum Gasteiger partial charge on any atom is -0.496 e. The lowest BCUT2D eigenvalue weighted by Gasteiger charge is -2.14. The number of rotatable bonds is 5. The second kappa shape index (κ2) is 8.44. The Labute approximate surface area is 142 Å². The third kappa shape index (κ3) is 4.89. The normalized spacial score (nSPS) is 11.2. The molecule has 0 unspecified atom stereocenters. The van der Waals surface area contributed by atoms with Crippen LogP contribution in [0.1, 0.15) is 16.7 Å². The van der Waals surface area contributed by atoms with Crippen LogP contribution in [0.25, 0.3) is 0 Å². The molecule has 0 atom stereocenters. The van der Waals surface area contributed by atoms with E-state index in [4.69, 9.17) is 16.3 Å². The molecular formula is C18H22ClN3O. The third-order valence-electron chi connectivity index (χ3n) is 3.52. The number of hydrogen-bond acceptors (Lipinski definition) is 2. The van der Waals surface area contributed by atoms with E-state index in [2.05, 4.69) is 27.8 Å². The number of aryl methyl sites for hydroxylation is 1. The number of benzene rings is 2. The Hall–Kier alpha value is -2.20. The highest BCUT2D eigenvalue weighted by atomic mass is 35.5. The molecule has 5 heteroatoms. The molecule has 0 spiro atoms. The Morgan fingerprint density at radius 2 is 1.78 bits per heavy atom. The molecule has 0 fully saturated rings. The molecule has 0 bridgehead atoms. The van der Waals surface area contributed by atoms with E-state index in [9.17, 15) is 0 Å². The van der Waals surface area contributed by atoms with Crippen molar-refractivity contribution >= 4 is 17.6 Å². The maximum absolute atomic E-state index is 6.16. The molecule has 2 aromatic carbocycles. The van der Waals surface area contributed by atoms with Crippen molar-refractivity contribution in [3.63, 3.8) is 0 Å². The standard InChI is InChI=1S/C18H22ClN3O/c1-13-8-9-15(17(10-13)23-3)12-22-18(20-2)21-11-14-6-4-5-7-16(14)19/h4-10H,11-12H2,1-3H3,(H2,20,21,22). The minimum absolute atomic E-state index is 0.615. The van der Waals surface area contributed by atoms with E-state index in [-0.39, 0.29) is 0 Å². The highest BCUT2D eigenvalue weighted by molar-refractivity contribution is 6.31. The van der Waals surface area contributed by atoms with Gasteiger partial charge < -0.3 is 15.4 Å². The van der Waals surface area contributed by atoms with E-state index in [1.807, 2.05) is 37.3 Å². The summed E-state index contributed by atoms with van der Waals surface area (Å²) in [6.07, 6.45) is 0. The summed E-state index contributed by atoms with van der Waals surface area (Å²) in [5, 5.41) is 7.29. The number of halogens is 1. The van der Waals surface area contributed by atoms with Gasteiger partial charge in [-0.3, -0.25) is 4.99 Å². The Morgan fingerprint density at radius 1 is 1.09 bits per heavy atom. The lowest BCUT2D eigenvalue weighted by molar-refractivity contribution is 0.408. The highest BCUT2D eigenvalue weighted by Crippen LogP contribution is 2.19. The van der Waals surface area contributed by atoms with Gasteiger partial charge in [0.15, 0.2) is 5.96 Å². The maximum atomic E-state index is 6.16. The fraction of sp³-hybridized carbons (Fsp3) is 0.278. The summed E-state index contributed by atoms with van der Waals surface area (Å²) in [4.78, 5) is 4.23. The van der Waals surface area contributed by atoms with Crippen LogP contribution >= 0.6 is 11.6 Å². The second-order valence-corrected chi connectivity index (χ2v) is 5.59. The van der Waals surface area contributed by atoms with Crippen molar-refractivity contribution in [3.8, 4) is 5.75 Å². The summed E-state index contributed by atoms with van der Waals surface area (Å²) in [7, 11) is 3.43. The van der Waals surface area contributed by atoms with Gasteiger partial charge in [0.1, 0.15) is 5.75 Å². The zero-order valence-electron chi connectivity index (χ0n) is 13.7. The van der Waals surface area contributed by atoms with Crippen molar-refractivity contribution in [2.45, 2.75) is 20.0 Å². The first-order chi connectivity index (χ1) is 11.1. The molecule has 0 aliphatic rings. The molecule has 0 aromatic heterocycles. The predicted octanol–water partition coefficient (Wildman–Crippen LogP) is 3.52. The Kier molecular flexibility index (Phi) is 6.29. The van der Waals surface area contributed by atoms with Crippen LogP contribution in [0.15, 0.2) is 47.5 Å². The zero-order valence-corrected chi connectivity index (χ0v) is 14.4. The van der Waals surface area contributed by atoms with Crippen LogP contribution in [0.3, 0.4) is 0 Å². The number of guanidine groups is 1. The van der Waals surface area contributed by atoms with Gasteiger partial charge in [0.2, 0.25) is 0 Å². The van der Waals surface area contributed by atoms with Gasteiger partial charge in [-0.2, -0.15) is 0 Å². The lowest BCUT2D eigenvalue weighted by atomic mass is 10.1. The molecule has 0 saturated carbocycles. The van der Waals surface area contributed by atoms with Gasteiger partial charge in [0.05, 0.1) is 7.11 Å². The summed E-state index contributed by atoms with van der Waals surface area (Å²) in [6.45, 7) is 3.29. The molecule has 4 nitrogen and oxygen atoms in total. The van der Waals surface area contributed by atoms with E-state index in [0.29, 0.717) is 19.0 Å². The Bertz CT molecular complexity index is 686. The average molecular weight is 332 g/mol. The monoisotopic (exact) mass is 331 g/mol. The zero-order chi connectivity index (χ0) is 16.7. The van der Waals surface area contributed by atoms with Gasteiger partial charge in [-0.15, -0.1) is 0 Å². The van der Waals surface area contributed by atoms with Crippen molar-refractivity contribution in [1.29, 1.82) is 0 Å². The van der Waals surface area contributed by atoms with E-state index in [1.54, 1.807) is 14.2 Å². The maximum Gasteiger partial charge on any atom is 0.191 e. The molecule has 23 heavy (non-hydrogen) atoms. The molecule has 2 rings (SSSR count). The smallest absolute Gasteiger partial charge is 0.191 e. The van der Waals surface area contributed by atoms with Crippen LogP contribution in [-0.2, 0) is 13.1 Å². The van der Waals surface area contributed by atoms with Crippen LogP contribution in [-0.4, -0.2) is 20.1 Å². The summed E-state index contributed by atoms with van der Waals surface area (Å²) < 4.78 is 5.42.